The Morgan fingerprint density at radius 2 is 1.58 bits per heavy atom. The lowest BCUT2D eigenvalue weighted by atomic mass is 9.36. The Morgan fingerprint density at radius 3 is 2.26 bits per heavy atom. The van der Waals surface area contributed by atoms with Crippen LogP contribution < -0.4 is 0 Å². The number of esters is 1. The molecule has 0 aromatic carbocycles. The molecule has 0 spiro atoms. The van der Waals surface area contributed by atoms with E-state index in [9.17, 15) is 14.7 Å². The highest BCUT2D eigenvalue weighted by Gasteiger charge is 2.67. The number of fused-ring (bicyclic) bond motifs is 7. The van der Waals surface area contributed by atoms with Crippen LogP contribution in [-0.4, -0.2) is 29.6 Å². The molecule has 212 valence electrons. The van der Waals surface area contributed by atoms with Crippen molar-refractivity contribution >= 4 is 11.8 Å². The van der Waals surface area contributed by atoms with Crippen LogP contribution in [0.3, 0.4) is 0 Å². The van der Waals surface area contributed by atoms with E-state index in [0.29, 0.717) is 42.1 Å². The second-order valence-electron chi connectivity index (χ2n) is 15.0. The van der Waals surface area contributed by atoms with Gasteiger partial charge in [0.15, 0.2) is 5.78 Å². The summed E-state index contributed by atoms with van der Waals surface area (Å²) in [6.45, 7) is 18.5. The first-order valence-corrected chi connectivity index (χ1v) is 15.6. The molecule has 0 radical (unpaired) electrons. The van der Waals surface area contributed by atoms with Crippen molar-refractivity contribution in [3.05, 3.63) is 24.3 Å². The maximum atomic E-state index is 13.9. The van der Waals surface area contributed by atoms with Crippen LogP contribution in [0.4, 0.5) is 0 Å². The van der Waals surface area contributed by atoms with E-state index in [2.05, 4.69) is 41.2 Å². The van der Waals surface area contributed by atoms with Gasteiger partial charge in [0.2, 0.25) is 0 Å². The molecule has 5 aliphatic carbocycles. The third-order valence-corrected chi connectivity index (χ3v) is 13.3. The van der Waals surface area contributed by atoms with Crippen LogP contribution >= 0.6 is 0 Å². The lowest BCUT2D eigenvalue weighted by Gasteiger charge is -2.69. The van der Waals surface area contributed by atoms with E-state index in [4.69, 9.17) is 4.74 Å². The fourth-order valence-electron chi connectivity index (χ4n) is 11.7. The molecule has 5 aliphatic rings. The van der Waals surface area contributed by atoms with Crippen molar-refractivity contribution in [3.63, 3.8) is 0 Å². The van der Waals surface area contributed by atoms with Crippen molar-refractivity contribution < 1.29 is 19.4 Å². The molecule has 0 aromatic heterocycles. The summed E-state index contributed by atoms with van der Waals surface area (Å²) in [4.78, 5) is 25.9. The topological polar surface area (TPSA) is 63.6 Å². The maximum absolute atomic E-state index is 13.9. The Kier molecular flexibility index (Phi) is 7.10. The van der Waals surface area contributed by atoms with Crippen molar-refractivity contribution in [1.29, 1.82) is 0 Å². The Labute approximate surface area is 231 Å². The van der Waals surface area contributed by atoms with Gasteiger partial charge in [-0.15, -0.1) is 0 Å². The molecule has 0 amide bonds. The summed E-state index contributed by atoms with van der Waals surface area (Å²) in [6.07, 6.45) is 13.6. The molecule has 38 heavy (non-hydrogen) atoms. The predicted molar refractivity (Wildman–Crippen MR) is 151 cm³/mol. The Balaban J connectivity index is 1.47. The van der Waals surface area contributed by atoms with Gasteiger partial charge in [0, 0.05) is 11.5 Å². The molecule has 1 N–H and O–H groups in total. The van der Waals surface area contributed by atoms with Crippen molar-refractivity contribution in [3.8, 4) is 0 Å². The van der Waals surface area contributed by atoms with E-state index >= 15 is 0 Å². The number of aliphatic hydroxyl groups excluding tert-OH is 1. The third-order valence-electron chi connectivity index (χ3n) is 13.3. The number of carbonyl (C=O) groups excluding carboxylic acids is 2. The summed E-state index contributed by atoms with van der Waals surface area (Å²) in [7, 11) is 0. The maximum Gasteiger partial charge on any atom is 0.330 e. The lowest BCUT2D eigenvalue weighted by molar-refractivity contribution is -0.215. The monoisotopic (exact) mass is 524 g/mol. The zero-order chi connectivity index (χ0) is 27.7. The van der Waals surface area contributed by atoms with Crippen molar-refractivity contribution in [1.82, 2.24) is 0 Å². The molecule has 0 aliphatic heterocycles. The van der Waals surface area contributed by atoms with Crippen molar-refractivity contribution in [2.24, 2.45) is 57.2 Å². The molecular formula is C34H52O4. The Morgan fingerprint density at radius 1 is 0.895 bits per heavy atom. The van der Waals surface area contributed by atoms with E-state index in [-0.39, 0.29) is 33.5 Å². The fraction of sp³-hybridized carbons (Fsp3) is 0.824. The van der Waals surface area contributed by atoms with Gasteiger partial charge in [-0.3, -0.25) is 4.79 Å². The summed E-state index contributed by atoms with van der Waals surface area (Å²) in [5, 5.41) is 10.9. The summed E-state index contributed by atoms with van der Waals surface area (Å²) < 4.78 is 5.07. The molecule has 5 saturated carbocycles. The van der Waals surface area contributed by atoms with Crippen LogP contribution in [0, 0.1) is 57.2 Å². The third kappa shape index (κ3) is 3.93. The van der Waals surface area contributed by atoms with E-state index in [1.165, 1.54) is 37.3 Å². The minimum absolute atomic E-state index is 0.0267. The zero-order valence-corrected chi connectivity index (χ0v) is 24.9. The van der Waals surface area contributed by atoms with E-state index in [1.54, 1.807) is 13.0 Å². The molecule has 0 heterocycles. The van der Waals surface area contributed by atoms with Gasteiger partial charge in [-0.25, -0.2) is 4.79 Å². The van der Waals surface area contributed by atoms with Crippen LogP contribution in [0.15, 0.2) is 24.3 Å². The van der Waals surface area contributed by atoms with Crippen LogP contribution in [0.5, 0.6) is 0 Å². The number of rotatable bonds is 5. The molecule has 0 bridgehead atoms. The van der Waals surface area contributed by atoms with Crippen molar-refractivity contribution in [2.45, 2.75) is 112 Å². The second kappa shape index (κ2) is 9.60. The Bertz CT molecular complexity index is 1010. The number of aliphatic hydroxyl groups is 1. The van der Waals surface area contributed by atoms with E-state index in [1.807, 2.05) is 0 Å². The minimum Gasteiger partial charge on any atom is -0.463 e. The largest absolute Gasteiger partial charge is 0.463 e. The number of ketones is 1. The van der Waals surface area contributed by atoms with Gasteiger partial charge in [0.1, 0.15) is 0 Å². The highest BCUT2D eigenvalue weighted by molar-refractivity contribution is 5.99. The molecule has 4 nitrogen and oxygen atoms in total. The highest BCUT2D eigenvalue weighted by Crippen LogP contribution is 2.73. The van der Waals surface area contributed by atoms with Gasteiger partial charge in [0.25, 0.3) is 0 Å². The summed E-state index contributed by atoms with van der Waals surface area (Å²) in [5.41, 5.74) is 1.39. The van der Waals surface area contributed by atoms with Gasteiger partial charge in [-0.2, -0.15) is 0 Å². The predicted octanol–water partition coefficient (Wildman–Crippen LogP) is 7.30. The van der Waals surface area contributed by atoms with Crippen LogP contribution in [0.2, 0.25) is 0 Å². The van der Waals surface area contributed by atoms with Crippen LogP contribution in [-0.2, 0) is 14.3 Å². The quantitative estimate of drug-likeness (QED) is 0.233. The zero-order valence-electron chi connectivity index (χ0n) is 24.9. The number of hydrogen-bond acceptors (Lipinski definition) is 4. The van der Waals surface area contributed by atoms with Gasteiger partial charge in [0.05, 0.1) is 12.7 Å². The molecule has 4 heteroatoms. The van der Waals surface area contributed by atoms with Gasteiger partial charge in [-0.1, -0.05) is 39.8 Å². The molecule has 10 atom stereocenters. The van der Waals surface area contributed by atoms with Crippen LogP contribution in [0.25, 0.3) is 0 Å². The second-order valence-corrected chi connectivity index (χ2v) is 15.0. The molecule has 5 rings (SSSR count). The minimum atomic E-state index is -0.421. The standard InChI is InChI=1S/C34H52O4/c1-8-38-29(37)12-11-28(36)34-19-13-22(21(2)3)30(34)23-9-10-26-32(6,24(23)14-20-34)17-15-25-31(4,5)27(35)16-18-33(25,26)7/h11-12,22-27,30,35H,2,8-10,13-20H2,1,3-7H3/t22-,23?,24?,25?,26?,27-,30?,32-,33-,34+/m0/s1. The summed E-state index contributed by atoms with van der Waals surface area (Å²) in [6, 6.07) is 0. The van der Waals surface area contributed by atoms with Gasteiger partial charge in [-0.05, 0) is 136 Å². The summed E-state index contributed by atoms with van der Waals surface area (Å²) >= 11 is 0. The van der Waals surface area contributed by atoms with E-state index in [0.717, 1.165) is 38.5 Å². The van der Waals surface area contributed by atoms with E-state index < -0.39 is 5.97 Å². The number of ether oxygens (including phenoxy) is 1. The normalized spacial score (nSPS) is 47.4. The van der Waals surface area contributed by atoms with Gasteiger partial charge >= 0.3 is 5.97 Å². The molecule has 0 aromatic rings. The highest BCUT2D eigenvalue weighted by atomic mass is 16.5. The summed E-state index contributed by atoms with van der Waals surface area (Å²) in [5.74, 6) is 2.85. The molecule has 0 saturated heterocycles. The molecule has 5 fully saturated rings. The smallest absolute Gasteiger partial charge is 0.330 e. The molecule has 5 unspecified atom stereocenters. The number of carbonyl (C=O) groups is 2. The van der Waals surface area contributed by atoms with Crippen molar-refractivity contribution in [2.75, 3.05) is 6.61 Å². The average Bonchev–Trinajstić information content (AvgIpc) is 3.27. The lowest BCUT2D eigenvalue weighted by Crippen LogP contribution is -2.63. The van der Waals surface area contributed by atoms with Gasteiger partial charge < -0.3 is 9.84 Å². The molecular weight excluding hydrogens is 472 g/mol. The first kappa shape index (κ1) is 28.1. The first-order chi connectivity index (χ1) is 17.8. The fourth-order valence-corrected chi connectivity index (χ4v) is 11.7. The van der Waals surface area contributed by atoms with Crippen LogP contribution in [0.1, 0.15) is 106 Å². The number of allylic oxidation sites excluding steroid dienone is 2. The SMILES string of the molecule is C=C(C)[C@@H]1CC[C@]2(C(=O)C=CC(=O)OCC)CCC3C(CCC4[C@@]3(C)CCC3C(C)(C)[C@@H](O)CC[C@@]34C)C12. The first-order valence-electron chi connectivity index (χ1n) is 15.6. The number of hydrogen-bond donors (Lipinski definition) is 1. The Hall–Kier alpha value is -1.42. The average molecular weight is 525 g/mol.